The molecular formula is C23H53N2O4Si+. The molecule has 6 nitrogen and oxygen atoms in total. The van der Waals surface area contributed by atoms with E-state index in [1.54, 1.807) is 21.3 Å². The average molecular weight is 450 g/mol. The predicted octanol–water partition coefficient (Wildman–Crippen LogP) is 4.20. The van der Waals surface area contributed by atoms with Gasteiger partial charge in [-0.3, -0.25) is 0 Å². The molecule has 1 atom stereocenters. The second kappa shape index (κ2) is 18.5. The van der Waals surface area contributed by atoms with Crippen LogP contribution in [0.2, 0.25) is 6.04 Å². The average Bonchev–Trinajstić information content (AvgIpc) is 2.72. The molecule has 7 heteroatoms. The molecule has 0 rings (SSSR count). The zero-order chi connectivity index (χ0) is 22.7. The Bertz CT molecular complexity index is 374. The molecule has 182 valence electrons. The summed E-state index contributed by atoms with van der Waals surface area (Å²) in [4.78, 5) is 0. The first-order valence-electron chi connectivity index (χ1n) is 12.2. The number of likely N-dealkylation sites (N-methyl/N-ethyl adjacent to an activating group) is 1. The summed E-state index contributed by atoms with van der Waals surface area (Å²) in [6, 6.07) is 0.778. The van der Waals surface area contributed by atoms with Crippen molar-refractivity contribution in [3.8, 4) is 0 Å². The van der Waals surface area contributed by atoms with Gasteiger partial charge < -0.3 is 28.2 Å². The van der Waals surface area contributed by atoms with E-state index in [1.165, 1.54) is 64.2 Å². The van der Waals surface area contributed by atoms with Crippen molar-refractivity contribution in [2.75, 3.05) is 61.6 Å². The minimum Gasteiger partial charge on any atom is -0.386 e. The summed E-state index contributed by atoms with van der Waals surface area (Å²) in [5.41, 5.74) is 0. The number of quaternary nitrogens is 1. The number of hydrogen-bond acceptors (Lipinski definition) is 5. The van der Waals surface area contributed by atoms with Gasteiger partial charge >= 0.3 is 8.80 Å². The number of nitrogens with one attached hydrogen (secondary N) is 1. The first-order valence-corrected chi connectivity index (χ1v) is 14.1. The number of nitrogens with zero attached hydrogens (tertiary/aromatic N) is 1. The van der Waals surface area contributed by atoms with Crippen LogP contribution in [0.3, 0.4) is 0 Å². The fourth-order valence-electron chi connectivity index (χ4n) is 4.01. The lowest BCUT2D eigenvalue weighted by Gasteiger charge is -2.32. The standard InChI is InChI=1S/C23H53N2O4Si/c1-7-8-9-10-11-12-13-14-15-16-19-25(2,3)22-23(26)21-24-18-17-20-30(27-4,28-5)29-6/h23-24,26H,7-22H2,1-6H3/q+1. The third-order valence-electron chi connectivity index (χ3n) is 5.97. The molecule has 0 aliphatic heterocycles. The first-order chi connectivity index (χ1) is 14.3. The van der Waals surface area contributed by atoms with Crippen molar-refractivity contribution in [1.29, 1.82) is 0 Å². The summed E-state index contributed by atoms with van der Waals surface area (Å²) in [6.07, 6.45) is 14.2. The van der Waals surface area contributed by atoms with E-state index in [4.69, 9.17) is 13.3 Å². The van der Waals surface area contributed by atoms with Gasteiger partial charge in [-0.15, -0.1) is 0 Å². The third-order valence-corrected chi connectivity index (χ3v) is 8.80. The van der Waals surface area contributed by atoms with Crippen LogP contribution >= 0.6 is 0 Å². The Morgan fingerprint density at radius 3 is 1.80 bits per heavy atom. The molecule has 0 amide bonds. The molecule has 0 saturated carbocycles. The van der Waals surface area contributed by atoms with Crippen LogP contribution in [-0.4, -0.2) is 86.1 Å². The van der Waals surface area contributed by atoms with Gasteiger partial charge in [0.2, 0.25) is 0 Å². The van der Waals surface area contributed by atoms with Crippen LogP contribution in [0.5, 0.6) is 0 Å². The SMILES string of the molecule is CCCCCCCCCCCC[N+](C)(C)CC(O)CNCCC[Si](OC)(OC)OC. The topological polar surface area (TPSA) is 60.0 Å². The number of aliphatic hydroxyl groups excluding tert-OH is 1. The van der Waals surface area contributed by atoms with Crippen molar-refractivity contribution in [3.63, 3.8) is 0 Å². The molecule has 2 N–H and O–H groups in total. The Morgan fingerprint density at radius 2 is 1.30 bits per heavy atom. The monoisotopic (exact) mass is 449 g/mol. The zero-order valence-corrected chi connectivity index (χ0v) is 22.0. The largest absolute Gasteiger partial charge is 0.500 e. The summed E-state index contributed by atoms with van der Waals surface area (Å²) < 4.78 is 17.2. The molecule has 0 aromatic heterocycles. The maximum atomic E-state index is 10.4. The van der Waals surface area contributed by atoms with Crippen LogP contribution in [0.15, 0.2) is 0 Å². The van der Waals surface area contributed by atoms with Gasteiger partial charge in [0, 0.05) is 33.9 Å². The van der Waals surface area contributed by atoms with Crippen molar-refractivity contribution in [2.45, 2.75) is 89.7 Å². The molecule has 0 aromatic rings. The molecule has 0 saturated heterocycles. The van der Waals surface area contributed by atoms with Crippen LogP contribution in [0.1, 0.15) is 77.6 Å². The lowest BCUT2D eigenvalue weighted by atomic mass is 10.1. The summed E-state index contributed by atoms with van der Waals surface area (Å²) in [6.45, 7) is 5.65. The second-order valence-corrected chi connectivity index (χ2v) is 12.4. The van der Waals surface area contributed by atoms with E-state index in [2.05, 4.69) is 26.3 Å². The van der Waals surface area contributed by atoms with Crippen molar-refractivity contribution >= 4 is 8.80 Å². The van der Waals surface area contributed by atoms with E-state index in [0.29, 0.717) is 6.54 Å². The molecule has 0 fully saturated rings. The Labute approximate surface area is 188 Å². The zero-order valence-electron chi connectivity index (χ0n) is 21.0. The molecule has 30 heavy (non-hydrogen) atoms. The molecule has 0 heterocycles. The maximum absolute atomic E-state index is 10.4. The lowest BCUT2D eigenvalue weighted by molar-refractivity contribution is -0.893. The van der Waals surface area contributed by atoms with E-state index in [1.807, 2.05) is 0 Å². The molecule has 0 aliphatic carbocycles. The maximum Gasteiger partial charge on any atom is 0.500 e. The van der Waals surface area contributed by atoms with Gasteiger partial charge in [0.1, 0.15) is 12.6 Å². The van der Waals surface area contributed by atoms with Crippen molar-refractivity contribution < 1.29 is 22.9 Å². The normalized spacial score (nSPS) is 13.7. The fraction of sp³-hybridized carbons (Fsp3) is 1.00. The molecule has 0 radical (unpaired) electrons. The van der Waals surface area contributed by atoms with Gasteiger partial charge in [0.15, 0.2) is 0 Å². The highest BCUT2D eigenvalue weighted by molar-refractivity contribution is 6.60. The van der Waals surface area contributed by atoms with E-state index in [-0.39, 0.29) is 6.10 Å². The summed E-state index contributed by atoms with van der Waals surface area (Å²) in [7, 11) is 6.92. The van der Waals surface area contributed by atoms with Gasteiger partial charge in [-0.1, -0.05) is 58.3 Å². The van der Waals surface area contributed by atoms with E-state index < -0.39 is 8.80 Å². The number of aliphatic hydroxyl groups is 1. The van der Waals surface area contributed by atoms with Gasteiger partial charge in [0.25, 0.3) is 0 Å². The highest BCUT2D eigenvalue weighted by atomic mass is 28.4. The molecule has 0 bridgehead atoms. The smallest absolute Gasteiger partial charge is 0.386 e. The minimum absolute atomic E-state index is 0.322. The predicted molar refractivity (Wildman–Crippen MR) is 129 cm³/mol. The Balaban J connectivity index is 3.73. The minimum atomic E-state index is -2.47. The van der Waals surface area contributed by atoms with Crippen molar-refractivity contribution in [2.24, 2.45) is 0 Å². The molecule has 0 aliphatic rings. The number of unbranched alkanes of at least 4 members (excludes halogenated alkanes) is 9. The lowest BCUT2D eigenvalue weighted by Crippen LogP contribution is -2.48. The van der Waals surface area contributed by atoms with E-state index in [9.17, 15) is 5.11 Å². The highest BCUT2D eigenvalue weighted by Crippen LogP contribution is 2.14. The van der Waals surface area contributed by atoms with Crippen LogP contribution in [-0.2, 0) is 13.3 Å². The number of rotatable bonds is 22. The molecular weight excluding hydrogens is 396 g/mol. The Morgan fingerprint density at radius 1 is 0.800 bits per heavy atom. The fourth-order valence-corrected chi connectivity index (χ4v) is 5.73. The Hall–Kier alpha value is -0.0231. The van der Waals surface area contributed by atoms with Crippen LogP contribution in [0, 0.1) is 0 Å². The van der Waals surface area contributed by atoms with Gasteiger partial charge in [-0.25, -0.2) is 0 Å². The third kappa shape index (κ3) is 15.7. The molecule has 0 aromatic carbocycles. The van der Waals surface area contributed by atoms with Crippen LogP contribution in [0.4, 0.5) is 0 Å². The van der Waals surface area contributed by atoms with E-state index in [0.717, 1.165) is 36.6 Å². The van der Waals surface area contributed by atoms with Gasteiger partial charge in [-0.05, 0) is 25.8 Å². The second-order valence-electron chi connectivity index (χ2n) is 9.28. The van der Waals surface area contributed by atoms with Crippen molar-refractivity contribution in [3.05, 3.63) is 0 Å². The highest BCUT2D eigenvalue weighted by Gasteiger charge is 2.36. The molecule has 1 unspecified atom stereocenters. The van der Waals surface area contributed by atoms with Crippen LogP contribution in [0.25, 0.3) is 0 Å². The van der Waals surface area contributed by atoms with E-state index >= 15 is 0 Å². The van der Waals surface area contributed by atoms with Gasteiger partial charge in [-0.2, -0.15) is 0 Å². The quantitative estimate of drug-likeness (QED) is 0.147. The number of hydrogen-bond donors (Lipinski definition) is 2. The summed E-state index contributed by atoms with van der Waals surface area (Å²) in [5, 5.41) is 13.8. The van der Waals surface area contributed by atoms with Crippen molar-refractivity contribution in [1.82, 2.24) is 5.32 Å². The summed E-state index contributed by atoms with van der Waals surface area (Å²) >= 11 is 0. The van der Waals surface area contributed by atoms with Crippen LogP contribution < -0.4 is 5.32 Å². The van der Waals surface area contributed by atoms with Gasteiger partial charge in [0.05, 0.1) is 20.6 Å². The Kier molecular flexibility index (Phi) is 18.5. The first kappa shape index (κ1) is 30.0. The summed E-state index contributed by atoms with van der Waals surface area (Å²) in [5.74, 6) is 0. The molecule has 0 spiro atoms.